The van der Waals surface area contributed by atoms with Crippen LogP contribution in [0.5, 0.6) is 5.88 Å². The van der Waals surface area contributed by atoms with E-state index >= 15 is 0 Å². The minimum absolute atomic E-state index is 0.00557. The lowest BCUT2D eigenvalue weighted by Gasteiger charge is -2.09. The second-order valence-corrected chi connectivity index (χ2v) is 6.28. The predicted molar refractivity (Wildman–Crippen MR) is 95.5 cm³/mol. The minimum atomic E-state index is -4.47. The van der Waals surface area contributed by atoms with E-state index in [0.29, 0.717) is 11.6 Å². The second-order valence-electron chi connectivity index (χ2n) is 6.28. The van der Waals surface area contributed by atoms with E-state index in [1.165, 1.54) is 35.3 Å². The van der Waals surface area contributed by atoms with Crippen LogP contribution in [0.3, 0.4) is 0 Å². The topological polar surface area (TPSA) is 69.0 Å². The summed E-state index contributed by atoms with van der Waals surface area (Å²) in [7, 11) is 1.55. The van der Waals surface area contributed by atoms with E-state index in [4.69, 9.17) is 0 Å². The summed E-state index contributed by atoms with van der Waals surface area (Å²) in [6.45, 7) is -1.45. The second kappa shape index (κ2) is 8.47. The number of hydrogen-bond donors (Lipinski definition) is 1. The van der Waals surface area contributed by atoms with E-state index in [1.807, 2.05) is 0 Å². The van der Waals surface area contributed by atoms with Crippen LogP contribution in [0.15, 0.2) is 42.7 Å². The Bertz CT molecular complexity index is 1050. The third-order valence-corrected chi connectivity index (χ3v) is 3.89. The van der Waals surface area contributed by atoms with Crippen LogP contribution in [0.25, 0.3) is 11.3 Å². The van der Waals surface area contributed by atoms with Gasteiger partial charge in [-0.05, 0) is 17.7 Å². The van der Waals surface area contributed by atoms with Crippen molar-refractivity contribution in [2.75, 3.05) is 6.61 Å². The predicted octanol–water partition coefficient (Wildman–Crippen LogP) is 3.63. The van der Waals surface area contributed by atoms with Crippen LogP contribution in [0.4, 0.5) is 22.0 Å². The van der Waals surface area contributed by atoms with E-state index < -0.39 is 30.3 Å². The Morgan fingerprint density at radius 3 is 2.60 bits per heavy atom. The monoisotopic (exact) mass is 426 g/mol. The molecule has 0 spiro atoms. The zero-order chi connectivity index (χ0) is 21.9. The molecule has 30 heavy (non-hydrogen) atoms. The number of nitrogens with zero attached hydrogens (tertiary/aromatic N) is 3. The molecule has 0 bridgehead atoms. The van der Waals surface area contributed by atoms with Gasteiger partial charge in [-0.3, -0.25) is 9.48 Å². The Kier molecular flexibility index (Phi) is 5.99. The molecular formula is C19H15F5N4O2. The number of ether oxygens (including phenoxy) is 1. The van der Waals surface area contributed by atoms with Crippen LogP contribution in [-0.4, -0.2) is 33.5 Å². The number of rotatable bonds is 6. The van der Waals surface area contributed by atoms with Gasteiger partial charge in [0, 0.05) is 43.7 Å². The van der Waals surface area contributed by atoms with Gasteiger partial charge in [0.25, 0.3) is 5.91 Å². The summed E-state index contributed by atoms with van der Waals surface area (Å²) in [6.07, 6.45) is -1.82. The van der Waals surface area contributed by atoms with Gasteiger partial charge in [-0.1, -0.05) is 6.07 Å². The Morgan fingerprint density at radius 1 is 1.20 bits per heavy atom. The number of pyridine rings is 1. The fourth-order valence-electron chi connectivity index (χ4n) is 2.57. The molecule has 1 aromatic carbocycles. The van der Waals surface area contributed by atoms with Gasteiger partial charge in [0.1, 0.15) is 17.3 Å². The molecule has 0 fully saturated rings. The molecule has 1 N–H and O–H groups in total. The molecule has 0 saturated carbocycles. The van der Waals surface area contributed by atoms with Crippen molar-refractivity contribution in [1.82, 2.24) is 20.1 Å². The zero-order valence-corrected chi connectivity index (χ0v) is 15.5. The lowest BCUT2D eigenvalue weighted by atomic mass is 10.1. The lowest BCUT2D eigenvalue weighted by Crippen LogP contribution is -2.23. The first-order valence-corrected chi connectivity index (χ1v) is 8.54. The number of carbonyl (C=O) groups is 1. The normalized spacial score (nSPS) is 11.4. The molecule has 0 aliphatic carbocycles. The van der Waals surface area contributed by atoms with Crippen LogP contribution in [0.2, 0.25) is 0 Å². The number of carbonyl (C=O) groups excluding carboxylic acids is 1. The molecule has 0 radical (unpaired) electrons. The molecule has 3 aromatic rings. The quantitative estimate of drug-likeness (QED) is 0.612. The molecule has 6 nitrogen and oxygen atoms in total. The summed E-state index contributed by atoms with van der Waals surface area (Å²) in [5.41, 5.74) is 0.582. The van der Waals surface area contributed by atoms with Crippen LogP contribution in [0, 0.1) is 11.6 Å². The fourth-order valence-corrected chi connectivity index (χ4v) is 2.57. The molecule has 1 amide bonds. The third kappa shape index (κ3) is 5.31. The molecule has 11 heteroatoms. The van der Waals surface area contributed by atoms with Crippen molar-refractivity contribution in [2.24, 2.45) is 7.05 Å². The Labute approximate surface area is 167 Å². The van der Waals surface area contributed by atoms with Crippen LogP contribution in [-0.2, 0) is 13.6 Å². The highest BCUT2D eigenvalue weighted by Crippen LogP contribution is 2.25. The SMILES string of the molecule is Cn1cc(C(=O)NCc2ccc(OCC(F)(F)F)nc2)c(-c2ccc(F)cc2F)n1. The molecular weight excluding hydrogens is 411 g/mol. The summed E-state index contributed by atoms with van der Waals surface area (Å²) < 4.78 is 69.5. The van der Waals surface area contributed by atoms with Crippen molar-refractivity contribution in [1.29, 1.82) is 0 Å². The largest absolute Gasteiger partial charge is 0.468 e. The highest BCUT2D eigenvalue weighted by molar-refractivity contribution is 5.99. The number of amides is 1. The lowest BCUT2D eigenvalue weighted by molar-refractivity contribution is -0.154. The van der Waals surface area contributed by atoms with Crippen LogP contribution >= 0.6 is 0 Å². The van der Waals surface area contributed by atoms with Crippen molar-refractivity contribution >= 4 is 5.91 Å². The number of alkyl halides is 3. The first kappa shape index (κ1) is 21.2. The van der Waals surface area contributed by atoms with Crippen LogP contribution < -0.4 is 10.1 Å². The summed E-state index contributed by atoms with van der Waals surface area (Å²) >= 11 is 0. The van der Waals surface area contributed by atoms with Gasteiger partial charge in [0.05, 0.1) is 5.56 Å². The Balaban J connectivity index is 1.68. The first-order valence-electron chi connectivity index (χ1n) is 8.54. The smallest absolute Gasteiger partial charge is 0.422 e. The van der Waals surface area contributed by atoms with Gasteiger partial charge < -0.3 is 10.1 Å². The first-order chi connectivity index (χ1) is 14.1. The van der Waals surface area contributed by atoms with Gasteiger partial charge >= 0.3 is 6.18 Å². The van der Waals surface area contributed by atoms with Crippen molar-refractivity contribution in [3.8, 4) is 17.1 Å². The Hall–Kier alpha value is -3.50. The van der Waals surface area contributed by atoms with Crippen molar-refractivity contribution < 1.29 is 31.5 Å². The number of halogens is 5. The molecule has 2 heterocycles. The van der Waals surface area contributed by atoms with E-state index in [9.17, 15) is 26.7 Å². The van der Waals surface area contributed by atoms with Crippen molar-refractivity contribution in [2.45, 2.75) is 12.7 Å². The van der Waals surface area contributed by atoms with E-state index in [-0.39, 0.29) is 29.2 Å². The zero-order valence-electron chi connectivity index (χ0n) is 15.5. The number of nitrogens with one attached hydrogen (secondary N) is 1. The third-order valence-electron chi connectivity index (χ3n) is 3.89. The van der Waals surface area contributed by atoms with Crippen molar-refractivity contribution in [3.05, 3.63) is 65.5 Å². The molecule has 2 aromatic heterocycles. The van der Waals surface area contributed by atoms with Crippen molar-refractivity contribution in [3.63, 3.8) is 0 Å². The van der Waals surface area contributed by atoms with Gasteiger partial charge in [0.2, 0.25) is 5.88 Å². The maximum Gasteiger partial charge on any atom is 0.422 e. The van der Waals surface area contributed by atoms with Gasteiger partial charge in [-0.15, -0.1) is 0 Å². The van der Waals surface area contributed by atoms with E-state index in [2.05, 4.69) is 20.1 Å². The molecule has 0 atom stereocenters. The van der Waals surface area contributed by atoms with Crippen LogP contribution in [0.1, 0.15) is 15.9 Å². The average Bonchev–Trinajstić information content (AvgIpc) is 3.06. The summed E-state index contributed by atoms with van der Waals surface area (Å²) in [5, 5.41) is 6.67. The fraction of sp³-hybridized carbons (Fsp3) is 0.211. The van der Waals surface area contributed by atoms with Gasteiger partial charge in [-0.25, -0.2) is 13.8 Å². The van der Waals surface area contributed by atoms with E-state index in [1.54, 1.807) is 7.05 Å². The highest BCUT2D eigenvalue weighted by Gasteiger charge is 2.28. The number of aromatic nitrogens is 3. The molecule has 0 unspecified atom stereocenters. The maximum absolute atomic E-state index is 14.1. The summed E-state index contributed by atoms with van der Waals surface area (Å²) in [5.74, 6) is -2.39. The standard InChI is InChI=1S/C19H15F5N4O2/c1-28-9-14(17(27-28)13-4-3-12(20)6-15(13)21)18(29)26-8-11-2-5-16(25-7-11)30-10-19(22,23)24/h2-7,9H,8,10H2,1H3,(H,26,29). The average molecular weight is 426 g/mol. The molecule has 0 aliphatic heterocycles. The number of benzene rings is 1. The molecule has 158 valence electrons. The minimum Gasteiger partial charge on any atom is -0.468 e. The summed E-state index contributed by atoms with van der Waals surface area (Å²) in [4.78, 5) is 16.3. The number of aryl methyl sites for hydroxylation is 1. The summed E-state index contributed by atoms with van der Waals surface area (Å²) in [6, 6.07) is 5.63. The molecule has 0 aliphatic rings. The molecule has 3 rings (SSSR count). The van der Waals surface area contributed by atoms with Gasteiger partial charge in [0.15, 0.2) is 6.61 Å². The number of hydrogen-bond acceptors (Lipinski definition) is 4. The highest BCUT2D eigenvalue weighted by atomic mass is 19.4. The maximum atomic E-state index is 14.1. The Morgan fingerprint density at radius 2 is 1.97 bits per heavy atom. The van der Waals surface area contributed by atoms with E-state index in [0.717, 1.165) is 6.07 Å². The van der Waals surface area contributed by atoms with Gasteiger partial charge in [-0.2, -0.15) is 18.3 Å². The molecule has 0 saturated heterocycles.